The molecule has 0 aliphatic carbocycles. The van der Waals surface area contributed by atoms with E-state index in [1.54, 1.807) is 25.3 Å². The number of halogens is 1. The first-order valence-corrected chi connectivity index (χ1v) is 14.0. The fraction of sp³-hybridized carbons (Fsp3) is 0.219. The lowest BCUT2D eigenvalue weighted by Gasteiger charge is -2.37. The molecule has 1 unspecified atom stereocenters. The van der Waals surface area contributed by atoms with Gasteiger partial charge in [-0.1, -0.05) is 70.2 Å². The Morgan fingerprint density at radius 1 is 0.975 bits per heavy atom. The van der Waals surface area contributed by atoms with Gasteiger partial charge in [-0.15, -0.1) is 11.3 Å². The SMILES string of the molecule is CC.COc1ccc2c(n1)Oc1ccccc1C2C(C)(C)C(=O)Nc1nc(-c2ccc(F)c3ccccc23)cs1.[HH]. The Kier molecular flexibility index (Phi) is 7.54. The van der Waals surface area contributed by atoms with Crippen LogP contribution in [0.1, 0.15) is 46.2 Å². The Morgan fingerprint density at radius 2 is 1.70 bits per heavy atom. The Balaban J connectivity index is 0.00000126. The number of aromatic nitrogens is 2. The van der Waals surface area contributed by atoms with Crippen LogP contribution in [0.3, 0.4) is 0 Å². The van der Waals surface area contributed by atoms with Gasteiger partial charge in [0.25, 0.3) is 0 Å². The number of thiazole rings is 1. The van der Waals surface area contributed by atoms with Crippen molar-refractivity contribution in [2.75, 3.05) is 12.4 Å². The zero-order valence-electron chi connectivity index (χ0n) is 23.0. The standard InChI is InChI=1S/C30H24FN3O3S.C2H6.H2/c1-30(2,26-20-10-6-7-11-24(20)37-27-21(26)13-15-25(33-27)36-3)28(35)34-29-32-23(16-38-29)19-12-14-22(31)18-9-5-4-8-17(18)19;1-2;/h4-16,26H,1-3H3,(H,32,34,35);1-2H3;1H. The number of ether oxygens (including phenoxy) is 2. The van der Waals surface area contributed by atoms with E-state index >= 15 is 0 Å². The topological polar surface area (TPSA) is 73.3 Å². The van der Waals surface area contributed by atoms with Gasteiger partial charge in [0.2, 0.25) is 17.7 Å². The summed E-state index contributed by atoms with van der Waals surface area (Å²) in [4.78, 5) is 23.0. The summed E-state index contributed by atoms with van der Waals surface area (Å²) in [7, 11) is 1.55. The van der Waals surface area contributed by atoms with Crippen LogP contribution in [0.15, 0.2) is 78.2 Å². The Hall–Kier alpha value is -4.30. The number of carbonyl (C=O) groups excluding carboxylic acids is 1. The zero-order chi connectivity index (χ0) is 28.4. The predicted molar refractivity (Wildman–Crippen MR) is 160 cm³/mol. The highest BCUT2D eigenvalue weighted by Crippen LogP contribution is 2.52. The number of hydrogen-bond acceptors (Lipinski definition) is 6. The van der Waals surface area contributed by atoms with Gasteiger partial charge < -0.3 is 14.8 Å². The van der Waals surface area contributed by atoms with E-state index in [4.69, 9.17) is 9.47 Å². The average molecular weight is 558 g/mol. The Morgan fingerprint density at radius 3 is 2.48 bits per heavy atom. The van der Waals surface area contributed by atoms with Crippen LogP contribution in [0.5, 0.6) is 17.5 Å². The highest BCUT2D eigenvalue weighted by Gasteiger charge is 2.44. The summed E-state index contributed by atoms with van der Waals surface area (Å²) in [6, 6.07) is 21.8. The minimum absolute atomic E-state index is 0. The van der Waals surface area contributed by atoms with Crippen molar-refractivity contribution in [3.05, 3.63) is 95.1 Å². The van der Waals surface area contributed by atoms with Gasteiger partial charge in [0.15, 0.2) is 5.13 Å². The summed E-state index contributed by atoms with van der Waals surface area (Å²) in [6.45, 7) is 7.82. The lowest BCUT2D eigenvalue weighted by molar-refractivity contribution is -0.124. The Labute approximate surface area is 238 Å². The van der Waals surface area contributed by atoms with E-state index in [2.05, 4.69) is 15.3 Å². The largest absolute Gasteiger partial charge is 0.481 e. The van der Waals surface area contributed by atoms with Crippen molar-refractivity contribution in [3.8, 4) is 28.8 Å². The normalized spacial score (nSPS) is 13.8. The smallest absolute Gasteiger partial charge is 0.232 e. The van der Waals surface area contributed by atoms with E-state index in [9.17, 15) is 9.18 Å². The van der Waals surface area contributed by atoms with Gasteiger partial charge in [-0.3, -0.25) is 4.79 Å². The van der Waals surface area contributed by atoms with Crippen molar-refractivity contribution in [3.63, 3.8) is 0 Å². The molecule has 3 aromatic carbocycles. The van der Waals surface area contributed by atoms with Crippen molar-refractivity contribution >= 4 is 33.1 Å². The van der Waals surface area contributed by atoms with Crippen LogP contribution in [0, 0.1) is 11.2 Å². The number of rotatable bonds is 5. The van der Waals surface area contributed by atoms with Gasteiger partial charge in [0, 0.05) is 40.9 Å². The van der Waals surface area contributed by atoms with Crippen molar-refractivity contribution in [1.29, 1.82) is 0 Å². The van der Waals surface area contributed by atoms with Crippen LogP contribution in [0.4, 0.5) is 9.52 Å². The Bertz CT molecular complexity index is 1710. The van der Waals surface area contributed by atoms with Gasteiger partial charge in [-0.25, -0.2) is 9.37 Å². The second kappa shape index (κ2) is 11.1. The third kappa shape index (κ3) is 4.79. The second-order valence-electron chi connectivity index (χ2n) is 9.68. The number of pyridine rings is 1. The van der Waals surface area contributed by atoms with Crippen molar-refractivity contribution in [1.82, 2.24) is 9.97 Å². The molecule has 0 spiro atoms. The molecule has 1 aliphatic rings. The average Bonchev–Trinajstić information content (AvgIpc) is 3.44. The summed E-state index contributed by atoms with van der Waals surface area (Å²) in [6.07, 6.45) is 0. The molecule has 8 heteroatoms. The molecule has 3 heterocycles. The van der Waals surface area contributed by atoms with Gasteiger partial charge in [0.05, 0.1) is 18.2 Å². The lowest BCUT2D eigenvalue weighted by Crippen LogP contribution is -2.38. The van der Waals surface area contributed by atoms with E-state index in [1.165, 1.54) is 17.4 Å². The van der Waals surface area contributed by atoms with Gasteiger partial charge in [-0.2, -0.15) is 4.98 Å². The molecule has 6 nitrogen and oxygen atoms in total. The van der Waals surface area contributed by atoms with Crippen molar-refractivity contribution < 1.29 is 20.1 Å². The molecule has 1 atom stereocenters. The van der Waals surface area contributed by atoms with Crippen LogP contribution in [0.25, 0.3) is 22.0 Å². The monoisotopic (exact) mass is 557 g/mol. The van der Waals surface area contributed by atoms with Crippen molar-refractivity contribution in [2.24, 2.45) is 5.41 Å². The number of amides is 1. The molecule has 1 aliphatic heterocycles. The maximum atomic E-state index is 14.3. The lowest BCUT2D eigenvalue weighted by atomic mass is 9.70. The van der Waals surface area contributed by atoms with Crippen LogP contribution in [-0.4, -0.2) is 23.0 Å². The predicted octanol–water partition coefficient (Wildman–Crippen LogP) is 8.68. The fourth-order valence-corrected chi connectivity index (χ4v) is 5.75. The molecule has 2 aromatic heterocycles. The third-order valence-electron chi connectivity index (χ3n) is 7.00. The number of nitrogens with zero attached hydrogens (tertiary/aromatic N) is 2. The van der Waals surface area contributed by atoms with Crippen LogP contribution in [-0.2, 0) is 4.79 Å². The molecule has 0 saturated carbocycles. The molecule has 1 N–H and O–H groups in total. The highest BCUT2D eigenvalue weighted by atomic mass is 32.1. The number of benzene rings is 3. The van der Waals surface area contributed by atoms with Crippen LogP contribution < -0.4 is 14.8 Å². The summed E-state index contributed by atoms with van der Waals surface area (Å²) < 4.78 is 25.7. The van der Waals surface area contributed by atoms with E-state index < -0.39 is 5.41 Å². The molecule has 206 valence electrons. The molecule has 0 bridgehead atoms. The first kappa shape index (κ1) is 27.3. The number of hydrogen-bond donors (Lipinski definition) is 1. The quantitative estimate of drug-likeness (QED) is 0.234. The molecule has 0 saturated heterocycles. The first-order chi connectivity index (χ1) is 19.4. The van der Waals surface area contributed by atoms with E-state index in [0.29, 0.717) is 33.7 Å². The highest BCUT2D eigenvalue weighted by molar-refractivity contribution is 7.14. The molecular formula is C32H32FN3O3S. The number of methoxy groups -OCH3 is 1. The minimum Gasteiger partial charge on any atom is -0.481 e. The number of fused-ring (bicyclic) bond motifs is 3. The zero-order valence-corrected chi connectivity index (χ0v) is 23.8. The van der Waals surface area contributed by atoms with Gasteiger partial charge in [-0.05, 0) is 29.7 Å². The van der Waals surface area contributed by atoms with E-state index in [0.717, 1.165) is 22.1 Å². The summed E-state index contributed by atoms with van der Waals surface area (Å²) in [5.41, 5.74) is 2.31. The number of carbonyl (C=O) groups is 1. The fourth-order valence-electron chi connectivity index (χ4n) is 5.04. The summed E-state index contributed by atoms with van der Waals surface area (Å²) >= 11 is 1.33. The summed E-state index contributed by atoms with van der Waals surface area (Å²) in [5.74, 6) is 0.735. The molecular weight excluding hydrogens is 525 g/mol. The van der Waals surface area contributed by atoms with Gasteiger partial charge in [0.1, 0.15) is 11.6 Å². The van der Waals surface area contributed by atoms with Crippen molar-refractivity contribution in [2.45, 2.75) is 33.6 Å². The van der Waals surface area contributed by atoms with E-state index in [1.807, 2.05) is 81.6 Å². The van der Waals surface area contributed by atoms with Crippen LogP contribution in [0.2, 0.25) is 0 Å². The molecule has 0 fully saturated rings. The third-order valence-corrected chi connectivity index (χ3v) is 7.76. The first-order valence-electron chi connectivity index (χ1n) is 13.1. The molecule has 1 amide bonds. The van der Waals surface area contributed by atoms with E-state index in [-0.39, 0.29) is 19.1 Å². The maximum Gasteiger partial charge on any atom is 0.232 e. The van der Waals surface area contributed by atoms with Gasteiger partial charge >= 0.3 is 0 Å². The minimum atomic E-state index is -0.890. The molecule has 0 radical (unpaired) electrons. The molecule has 40 heavy (non-hydrogen) atoms. The second-order valence-corrected chi connectivity index (χ2v) is 10.5. The summed E-state index contributed by atoms with van der Waals surface area (Å²) in [5, 5.41) is 6.67. The molecule has 5 aromatic rings. The van der Waals surface area contributed by atoms with Crippen LogP contribution >= 0.6 is 11.3 Å². The number of anilines is 1. The maximum absolute atomic E-state index is 14.3. The number of para-hydroxylation sites is 1. The molecule has 6 rings (SSSR count). The number of nitrogens with one attached hydrogen (secondary N) is 1.